The standard InChI is InChI=1S/C19H16N.C11H8N.Ir/c1-15-10-11-17(19-9-5-6-12-20-19)14-18(15)13-16-7-3-2-4-8-16;1-2-6-10(7-3-1)11-8-4-5-9-12-11;/h2-10,12,14H,13H2,1H3;1-6,8-9H;/q2*-1;/i1D3,13D2;;. The maximum atomic E-state index is 8.57. The van der Waals surface area contributed by atoms with Crippen LogP contribution in [0.25, 0.3) is 22.5 Å². The Balaban J connectivity index is 0.000000258. The summed E-state index contributed by atoms with van der Waals surface area (Å²) in [5, 5.41) is 0. The fourth-order valence-electron chi connectivity index (χ4n) is 3.02. The maximum absolute atomic E-state index is 8.57. The number of aryl methyl sites for hydroxylation is 1. The van der Waals surface area contributed by atoms with Gasteiger partial charge in [-0.15, -0.1) is 70.8 Å². The molecule has 2 aromatic heterocycles. The molecular weight excluding hydrogens is 581 g/mol. The van der Waals surface area contributed by atoms with Crippen molar-refractivity contribution in [3.63, 3.8) is 0 Å². The molecule has 5 rings (SSSR count). The van der Waals surface area contributed by atoms with Crippen molar-refractivity contribution in [2.75, 3.05) is 0 Å². The number of rotatable bonds is 4. The van der Waals surface area contributed by atoms with Gasteiger partial charge in [0.05, 0.1) is 0 Å². The molecule has 5 aromatic rings. The van der Waals surface area contributed by atoms with Gasteiger partial charge in [-0.3, -0.25) is 0 Å². The van der Waals surface area contributed by atoms with Crippen molar-refractivity contribution >= 4 is 0 Å². The summed E-state index contributed by atoms with van der Waals surface area (Å²) in [6.45, 7) is -2.43. The molecular formula is C30H24IrN2-2. The Hall–Kier alpha value is -3.39. The average molecular weight is 610 g/mol. The van der Waals surface area contributed by atoms with Crippen molar-refractivity contribution in [3.8, 4) is 22.5 Å². The first-order valence-electron chi connectivity index (χ1n) is 12.7. The zero-order chi connectivity index (χ0) is 26.3. The third kappa shape index (κ3) is 7.05. The first-order valence-corrected chi connectivity index (χ1v) is 10.2. The van der Waals surface area contributed by atoms with Crippen molar-refractivity contribution in [1.82, 2.24) is 9.97 Å². The van der Waals surface area contributed by atoms with Crippen LogP contribution in [0.5, 0.6) is 0 Å². The molecule has 3 heteroatoms. The summed E-state index contributed by atoms with van der Waals surface area (Å²) in [4.78, 5) is 8.46. The van der Waals surface area contributed by atoms with Crippen LogP contribution in [0.4, 0.5) is 0 Å². The second-order valence-corrected chi connectivity index (χ2v) is 6.87. The summed E-state index contributed by atoms with van der Waals surface area (Å²) in [5.74, 6) is 0. The van der Waals surface area contributed by atoms with E-state index in [-0.39, 0.29) is 31.2 Å². The van der Waals surface area contributed by atoms with Crippen LogP contribution in [-0.4, -0.2) is 9.97 Å². The van der Waals surface area contributed by atoms with Crippen molar-refractivity contribution in [3.05, 3.63) is 144 Å². The van der Waals surface area contributed by atoms with E-state index >= 15 is 0 Å². The van der Waals surface area contributed by atoms with E-state index < -0.39 is 13.2 Å². The molecule has 0 saturated heterocycles. The van der Waals surface area contributed by atoms with Gasteiger partial charge in [-0.1, -0.05) is 61.4 Å². The van der Waals surface area contributed by atoms with Crippen LogP contribution in [0.15, 0.2) is 116 Å². The van der Waals surface area contributed by atoms with Crippen LogP contribution in [0.3, 0.4) is 0 Å². The number of pyridine rings is 2. The molecule has 1 radical (unpaired) electrons. The number of nitrogens with zero attached hydrogens (tertiary/aromatic N) is 2. The summed E-state index contributed by atoms with van der Waals surface area (Å²) in [6.07, 6.45) is 1.46. The average Bonchev–Trinajstić information content (AvgIpc) is 2.94. The van der Waals surface area contributed by atoms with Gasteiger partial charge < -0.3 is 9.97 Å². The molecule has 2 nitrogen and oxygen atoms in total. The third-order valence-corrected chi connectivity index (χ3v) is 4.59. The van der Waals surface area contributed by atoms with Crippen molar-refractivity contribution in [2.24, 2.45) is 0 Å². The minimum atomic E-state index is -2.43. The minimum absolute atomic E-state index is 0. The van der Waals surface area contributed by atoms with Crippen molar-refractivity contribution < 1.29 is 27.0 Å². The first-order chi connectivity index (χ1) is 17.8. The molecule has 0 aliphatic rings. The molecule has 0 bridgehead atoms. The van der Waals surface area contributed by atoms with Gasteiger partial charge in [-0.2, -0.15) is 0 Å². The quantitative estimate of drug-likeness (QED) is 0.205. The van der Waals surface area contributed by atoms with E-state index in [9.17, 15) is 0 Å². The van der Waals surface area contributed by atoms with E-state index in [0.29, 0.717) is 16.8 Å². The molecule has 0 fully saturated rings. The Kier molecular flexibility index (Phi) is 6.90. The van der Waals surface area contributed by atoms with Gasteiger partial charge in [0, 0.05) is 39.4 Å². The largest absolute Gasteiger partial charge is 0.305 e. The Morgan fingerprint density at radius 1 is 0.758 bits per heavy atom. The fourth-order valence-corrected chi connectivity index (χ4v) is 3.02. The Morgan fingerprint density at radius 3 is 2.03 bits per heavy atom. The van der Waals surface area contributed by atoms with Crippen LogP contribution >= 0.6 is 0 Å². The topological polar surface area (TPSA) is 25.8 Å². The zero-order valence-electron chi connectivity index (χ0n) is 22.7. The predicted octanol–water partition coefficient (Wildman–Crippen LogP) is 6.99. The normalized spacial score (nSPS) is 12.9. The molecule has 3 aromatic carbocycles. The summed E-state index contributed by atoms with van der Waals surface area (Å²) >= 11 is 0. The van der Waals surface area contributed by atoms with E-state index in [2.05, 4.69) is 22.1 Å². The Labute approximate surface area is 216 Å². The third-order valence-electron chi connectivity index (χ3n) is 4.59. The number of hydrogen-bond donors (Lipinski definition) is 0. The van der Waals surface area contributed by atoms with Crippen LogP contribution in [0.2, 0.25) is 0 Å². The summed E-state index contributed by atoms with van der Waals surface area (Å²) in [6, 6.07) is 36.6. The first kappa shape index (κ1) is 18.1. The van der Waals surface area contributed by atoms with Gasteiger partial charge >= 0.3 is 0 Å². The molecule has 0 saturated carbocycles. The summed E-state index contributed by atoms with van der Waals surface area (Å²) < 4.78 is 40.4. The van der Waals surface area contributed by atoms with Crippen LogP contribution < -0.4 is 0 Å². The maximum Gasteiger partial charge on any atom is 0.0349 e. The number of hydrogen-bond acceptors (Lipinski definition) is 2. The molecule has 0 N–H and O–H groups in total. The SMILES string of the molecule is [2H]C([2H])([2H])c1c[c-]c(-c2ccccn2)cc1C([2H])([2H])c1ccccc1.[Ir].[c-]1ccccc1-c1ccccn1. The summed E-state index contributed by atoms with van der Waals surface area (Å²) in [7, 11) is 0. The van der Waals surface area contributed by atoms with Gasteiger partial charge in [0.2, 0.25) is 0 Å². The number of aromatic nitrogens is 2. The molecule has 0 aliphatic heterocycles. The molecule has 0 amide bonds. The zero-order valence-corrected chi connectivity index (χ0v) is 20.1. The summed E-state index contributed by atoms with van der Waals surface area (Å²) in [5.41, 5.74) is 3.65. The van der Waals surface area contributed by atoms with Crippen LogP contribution in [0.1, 0.15) is 23.5 Å². The monoisotopic (exact) mass is 610 g/mol. The van der Waals surface area contributed by atoms with Crippen LogP contribution in [0, 0.1) is 19.0 Å². The Bertz CT molecular complexity index is 1380. The molecule has 0 atom stereocenters. The van der Waals surface area contributed by atoms with E-state index in [0.717, 1.165) is 11.3 Å². The molecule has 2 heterocycles. The van der Waals surface area contributed by atoms with E-state index in [1.165, 1.54) is 12.1 Å². The Morgan fingerprint density at radius 2 is 1.42 bits per heavy atom. The van der Waals surface area contributed by atoms with Crippen molar-refractivity contribution in [1.29, 1.82) is 0 Å². The molecule has 0 unspecified atom stereocenters. The van der Waals surface area contributed by atoms with Gasteiger partial charge in [-0.05, 0) is 35.5 Å². The van der Waals surface area contributed by atoms with Gasteiger partial charge in [0.25, 0.3) is 0 Å². The molecule has 0 spiro atoms. The second-order valence-electron chi connectivity index (χ2n) is 6.87. The van der Waals surface area contributed by atoms with Gasteiger partial charge in [-0.25, -0.2) is 0 Å². The van der Waals surface area contributed by atoms with E-state index in [4.69, 9.17) is 6.85 Å². The van der Waals surface area contributed by atoms with Gasteiger partial charge in [0.1, 0.15) is 0 Å². The fraction of sp³-hybridized carbons (Fsp3) is 0.0667. The van der Waals surface area contributed by atoms with Crippen LogP contribution in [-0.2, 0) is 26.5 Å². The molecule has 0 aliphatic carbocycles. The van der Waals surface area contributed by atoms with E-state index in [1.807, 2.05) is 48.5 Å². The predicted molar refractivity (Wildman–Crippen MR) is 131 cm³/mol. The molecule has 165 valence electrons. The van der Waals surface area contributed by atoms with Crippen molar-refractivity contribution in [2.45, 2.75) is 13.2 Å². The number of benzene rings is 3. The second kappa shape index (κ2) is 12.6. The smallest absolute Gasteiger partial charge is 0.0349 e. The van der Waals surface area contributed by atoms with E-state index in [1.54, 1.807) is 54.9 Å². The minimum Gasteiger partial charge on any atom is -0.305 e. The van der Waals surface area contributed by atoms with Gasteiger partial charge in [0.15, 0.2) is 0 Å². The molecule has 33 heavy (non-hydrogen) atoms.